The molecule has 1 saturated heterocycles. The quantitative estimate of drug-likeness (QED) is 0.564. The van der Waals surface area contributed by atoms with Gasteiger partial charge in [0.15, 0.2) is 0 Å². The van der Waals surface area contributed by atoms with Crippen molar-refractivity contribution in [3.05, 3.63) is 59.4 Å². The van der Waals surface area contributed by atoms with Gasteiger partial charge in [-0.15, -0.1) is 0 Å². The molecule has 1 aliphatic rings. The van der Waals surface area contributed by atoms with Crippen LogP contribution in [0.25, 0.3) is 0 Å². The zero-order valence-corrected chi connectivity index (χ0v) is 19.1. The monoisotopic (exact) mass is 526 g/mol. The number of likely N-dealkylation sites (tertiary alicyclic amines) is 1. The van der Waals surface area contributed by atoms with E-state index in [0.29, 0.717) is 19.0 Å². The number of halogens is 6. The lowest BCUT2D eigenvalue weighted by Gasteiger charge is -2.32. The minimum absolute atomic E-state index is 0. The van der Waals surface area contributed by atoms with Crippen molar-refractivity contribution >= 4 is 17.0 Å². The first-order valence-electron chi connectivity index (χ1n) is 10.3. The van der Waals surface area contributed by atoms with Gasteiger partial charge in [-0.25, -0.2) is 13.7 Å². The van der Waals surface area contributed by atoms with Crippen LogP contribution < -0.4 is 10.0 Å². The van der Waals surface area contributed by atoms with E-state index in [-0.39, 0.29) is 49.6 Å². The molecule has 1 fully saturated rings. The number of carbonyl (C=O) groups excluding carboxylic acids is 1. The molecule has 1 aromatic heterocycles. The highest BCUT2D eigenvalue weighted by Crippen LogP contribution is 2.37. The first kappa shape index (κ1) is 28.5. The predicted molar refractivity (Wildman–Crippen MR) is 116 cm³/mol. The molecule has 4 N–H and O–H groups in total. The largest absolute Gasteiger partial charge is 0.417 e. The minimum Gasteiger partial charge on any atom is -0.412 e. The summed E-state index contributed by atoms with van der Waals surface area (Å²) in [5, 5.41) is 2.77. The van der Waals surface area contributed by atoms with Gasteiger partial charge < -0.3 is 15.7 Å². The number of carbonyl (C=O) groups is 1. The molecule has 194 valence electrons. The smallest absolute Gasteiger partial charge is 0.412 e. The van der Waals surface area contributed by atoms with Crippen molar-refractivity contribution in [1.29, 1.82) is 0 Å². The molecule has 0 radical (unpaired) electrons. The van der Waals surface area contributed by atoms with E-state index in [1.165, 1.54) is 4.90 Å². The third-order valence-corrected chi connectivity index (χ3v) is 6.57. The summed E-state index contributed by atoms with van der Waals surface area (Å²) in [7, 11) is -2.53. The van der Waals surface area contributed by atoms with Crippen molar-refractivity contribution in [3.8, 4) is 0 Å². The lowest BCUT2D eigenvalue weighted by molar-refractivity contribution is -0.143. The highest BCUT2D eigenvalue weighted by atomic mass is 32.2. The van der Waals surface area contributed by atoms with E-state index < -0.39 is 45.4 Å². The Kier molecular flexibility index (Phi) is 9.63. The molecular formula is C21H24F6N4O3S. The second-order valence-corrected chi connectivity index (χ2v) is 8.91. The van der Waals surface area contributed by atoms with E-state index in [9.17, 15) is 35.3 Å². The molecule has 3 rings (SSSR count). The van der Waals surface area contributed by atoms with Crippen LogP contribution in [0.3, 0.4) is 0 Å². The zero-order chi connectivity index (χ0) is 24.9. The summed E-state index contributed by atoms with van der Waals surface area (Å²) in [6.45, 7) is 0.896. The van der Waals surface area contributed by atoms with Crippen molar-refractivity contribution in [2.45, 2.75) is 42.6 Å². The average Bonchev–Trinajstić information content (AvgIpc) is 2.78. The summed E-state index contributed by atoms with van der Waals surface area (Å²) in [4.78, 5) is 16.9. The van der Waals surface area contributed by atoms with Crippen molar-refractivity contribution in [3.63, 3.8) is 0 Å². The molecule has 0 saturated carbocycles. The number of alkyl halides is 6. The van der Waals surface area contributed by atoms with Gasteiger partial charge in [-0.2, -0.15) is 26.3 Å². The number of piperidine rings is 1. The first-order valence-corrected chi connectivity index (χ1v) is 11.5. The molecular weight excluding hydrogens is 502 g/mol. The van der Waals surface area contributed by atoms with Crippen LogP contribution in [0.15, 0.2) is 47.6 Å². The van der Waals surface area contributed by atoms with E-state index in [0.717, 1.165) is 5.56 Å². The van der Waals surface area contributed by atoms with Crippen LogP contribution >= 0.6 is 0 Å². The summed E-state index contributed by atoms with van der Waals surface area (Å²) in [5.74, 6) is 0. The molecule has 2 aromatic rings. The Morgan fingerprint density at radius 2 is 1.77 bits per heavy atom. The number of hydrogen-bond donors (Lipinski definition) is 2. The summed E-state index contributed by atoms with van der Waals surface area (Å²) < 4.78 is 93.8. The fraction of sp³-hybridized carbons (Fsp3) is 0.429. The van der Waals surface area contributed by atoms with Crippen molar-refractivity contribution < 1.29 is 40.8 Å². The summed E-state index contributed by atoms with van der Waals surface area (Å²) >= 11 is 0. The maximum atomic E-state index is 13.3. The molecule has 0 spiro atoms. The molecule has 1 unspecified atom stereocenters. The standard InChI is InChI=1S/C21H22F6N4O2S.H2O/c22-20(23,24)15-3-4-17(21(25,26)27)18(12-15)34(33)30-16-6-10-31(11-7-16)19(32)29-9-5-14-2-1-8-28-13-14;/h1-4,8,12-13,16,30H,5-7,9-11H2,(H,29,32);1H2. The Hall–Kier alpha value is -2.71. The van der Waals surface area contributed by atoms with E-state index >= 15 is 0 Å². The fourth-order valence-corrected chi connectivity index (χ4v) is 4.76. The molecule has 2 amide bonds. The number of benzene rings is 1. The molecule has 2 heterocycles. The number of nitrogens with zero attached hydrogens (tertiary/aromatic N) is 2. The Bertz CT molecular complexity index is 1010. The molecule has 0 aliphatic carbocycles. The third kappa shape index (κ3) is 7.90. The van der Waals surface area contributed by atoms with E-state index in [2.05, 4.69) is 15.0 Å². The molecule has 14 heteroatoms. The summed E-state index contributed by atoms with van der Waals surface area (Å²) in [6, 6.07) is 3.69. The molecule has 35 heavy (non-hydrogen) atoms. The van der Waals surface area contributed by atoms with Crippen molar-refractivity contribution in [1.82, 2.24) is 19.9 Å². The number of amides is 2. The van der Waals surface area contributed by atoms with Crippen LogP contribution in [0.5, 0.6) is 0 Å². The summed E-state index contributed by atoms with van der Waals surface area (Å²) in [5.41, 5.74) is -1.75. The molecule has 1 atom stereocenters. The van der Waals surface area contributed by atoms with Crippen LogP contribution in [-0.2, 0) is 29.8 Å². The van der Waals surface area contributed by atoms with Gasteiger partial charge in [0.1, 0.15) is 11.0 Å². The Morgan fingerprint density at radius 1 is 1.09 bits per heavy atom. The van der Waals surface area contributed by atoms with Crippen LogP contribution in [0.2, 0.25) is 0 Å². The van der Waals surface area contributed by atoms with Crippen molar-refractivity contribution in [2.75, 3.05) is 19.6 Å². The fourth-order valence-electron chi connectivity index (χ4n) is 3.47. The Balaban J connectivity index is 0.00000432. The average molecular weight is 527 g/mol. The van der Waals surface area contributed by atoms with E-state index in [1.807, 2.05) is 6.07 Å². The second-order valence-electron chi connectivity index (χ2n) is 7.70. The Morgan fingerprint density at radius 3 is 2.34 bits per heavy atom. The molecule has 1 aromatic carbocycles. The highest BCUT2D eigenvalue weighted by molar-refractivity contribution is 7.83. The molecule has 0 bridgehead atoms. The van der Waals surface area contributed by atoms with Gasteiger partial charge in [0.25, 0.3) is 0 Å². The normalized spacial score (nSPS) is 15.9. The number of urea groups is 1. The number of aromatic nitrogens is 1. The number of pyridine rings is 1. The topological polar surface area (TPSA) is 106 Å². The number of nitrogens with one attached hydrogen (secondary N) is 2. The van der Waals surface area contributed by atoms with Crippen molar-refractivity contribution in [2.24, 2.45) is 0 Å². The first-order chi connectivity index (χ1) is 15.9. The van der Waals surface area contributed by atoms with Gasteiger partial charge in [0.2, 0.25) is 0 Å². The maximum absolute atomic E-state index is 13.3. The van der Waals surface area contributed by atoms with Crippen LogP contribution in [-0.4, -0.2) is 51.3 Å². The van der Waals surface area contributed by atoms with Gasteiger partial charge in [-0.1, -0.05) is 6.07 Å². The zero-order valence-electron chi connectivity index (χ0n) is 18.2. The van der Waals surface area contributed by atoms with Gasteiger partial charge in [-0.3, -0.25) is 4.98 Å². The van der Waals surface area contributed by atoms with Crippen LogP contribution in [0, 0.1) is 0 Å². The van der Waals surface area contributed by atoms with Gasteiger partial charge in [-0.05, 0) is 49.1 Å². The van der Waals surface area contributed by atoms with E-state index in [1.54, 1.807) is 18.5 Å². The molecule has 1 aliphatic heterocycles. The van der Waals surface area contributed by atoms with E-state index in [4.69, 9.17) is 0 Å². The highest BCUT2D eigenvalue weighted by Gasteiger charge is 2.39. The second kappa shape index (κ2) is 11.8. The molecule has 7 nitrogen and oxygen atoms in total. The number of rotatable bonds is 6. The third-order valence-electron chi connectivity index (χ3n) is 5.28. The van der Waals surface area contributed by atoms with Gasteiger partial charge in [0, 0.05) is 38.1 Å². The lowest BCUT2D eigenvalue weighted by atomic mass is 10.1. The predicted octanol–water partition coefficient (Wildman–Crippen LogP) is 3.32. The van der Waals surface area contributed by atoms with Crippen LogP contribution in [0.1, 0.15) is 29.5 Å². The van der Waals surface area contributed by atoms with Crippen LogP contribution in [0.4, 0.5) is 31.1 Å². The lowest BCUT2D eigenvalue weighted by Crippen LogP contribution is -2.49. The van der Waals surface area contributed by atoms with Gasteiger partial charge >= 0.3 is 18.4 Å². The minimum atomic E-state index is -4.96. The number of hydrogen-bond acceptors (Lipinski definition) is 3. The van der Waals surface area contributed by atoms with Gasteiger partial charge in [0.05, 0.1) is 16.0 Å². The Labute approximate surface area is 199 Å². The maximum Gasteiger partial charge on any atom is 0.417 e. The SMILES string of the molecule is O.O=C(NCCc1cccnc1)N1CCC(NS(=O)c2cc(C(F)(F)F)ccc2C(F)(F)F)CC1. The summed E-state index contributed by atoms with van der Waals surface area (Å²) in [6.07, 6.45) is -5.35.